The molecule has 0 saturated carbocycles. The molecule has 1 heterocycles. The molecule has 1 aromatic heterocycles. The van der Waals surface area contributed by atoms with E-state index >= 15 is 0 Å². The van der Waals surface area contributed by atoms with E-state index in [4.69, 9.17) is 0 Å². The van der Waals surface area contributed by atoms with Gasteiger partial charge in [0.15, 0.2) is 0 Å². The molecule has 21 heavy (non-hydrogen) atoms. The molecule has 1 rings (SSSR count). The second-order valence-electron chi connectivity index (χ2n) is 6.50. The van der Waals surface area contributed by atoms with E-state index in [0.717, 1.165) is 27.8 Å². The molecule has 4 nitrogen and oxygen atoms in total. The SMILES string of the molecule is CC(C)NBc1cbnc(BNC(C)C)c1BNC(C)C. The molecular formula is C13H28B4N4. The summed E-state index contributed by atoms with van der Waals surface area (Å²) in [5, 5.41) is 10.5. The zero-order chi connectivity index (χ0) is 15.8. The zero-order valence-corrected chi connectivity index (χ0v) is 14.5. The third kappa shape index (κ3) is 7.30. The van der Waals surface area contributed by atoms with Crippen LogP contribution in [0, 0.1) is 0 Å². The van der Waals surface area contributed by atoms with Crippen LogP contribution in [0.4, 0.5) is 0 Å². The molecule has 112 valence electrons. The van der Waals surface area contributed by atoms with E-state index in [0.29, 0.717) is 18.1 Å². The van der Waals surface area contributed by atoms with Crippen molar-refractivity contribution in [1.29, 1.82) is 0 Å². The summed E-state index contributed by atoms with van der Waals surface area (Å²) >= 11 is 0. The second-order valence-corrected chi connectivity index (χ2v) is 6.50. The molecule has 3 N–H and O–H groups in total. The summed E-state index contributed by atoms with van der Waals surface area (Å²) in [6.07, 6.45) is 0. The number of rotatable bonds is 9. The summed E-state index contributed by atoms with van der Waals surface area (Å²) in [4.78, 5) is 4.59. The Hall–Kier alpha value is -0.580. The fourth-order valence-corrected chi connectivity index (χ4v) is 2.04. The minimum atomic E-state index is 0.468. The first kappa shape index (κ1) is 18.5. The van der Waals surface area contributed by atoms with Crippen molar-refractivity contribution < 1.29 is 0 Å². The normalized spacial score (nSPS) is 11.1. The van der Waals surface area contributed by atoms with Gasteiger partial charge in [0.05, 0.1) is 0 Å². The minimum absolute atomic E-state index is 0.468. The van der Waals surface area contributed by atoms with Crippen LogP contribution in [-0.4, -0.2) is 52.3 Å². The Morgan fingerprint density at radius 2 is 1.38 bits per heavy atom. The Morgan fingerprint density at radius 1 is 0.857 bits per heavy atom. The molecule has 0 fully saturated rings. The molecule has 1 aromatic rings. The van der Waals surface area contributed by atoms with Crippen molar-refractivity contribution in [3.8, 4) is 0 Å². The first-order valence-electron chi connectivity index (χ1n) is 8.06. The van der Waals surface area contributed by atoms with E-state index in [1.165, 1.54) is 10.9 Å². The quantitative estimate of drug-likeness (QED) is 0.433. The van der Waals surface area contributed by atoms with Crippen molar-refractivity contribution in [3.05, 3.63) is 5.96 Å². The summed E-state index contributed by atoms with van der Waals surface area (Å²) < 4.78 is 0. The zero-order valence-electron chi connectivity index (χ0n) is 14.5. The number of hydrogen-bond donors (Lipinski definition) is 3. The van der Waals surface area contributed by atoms with Gasteiger partial charge in [-0.05, 0) is 0 Å². The van der Waals surface area contributed by atoms with Gasteiger partial charge >= 0.3 is 132 Å². The number of hydrogen-bond acceptors (Lipinski definition) is 4. The summed E-state index contributed by atoms with van der Waals surface area (Å²) in [5.74, 6) is 2.13. The van der Waals surface area contributed by atoms with Crippen LogP contribution in [0.25, 0.3) is 0 Å². The Balaban J connectivity index is 2.90. The molecule has 0 aliphatic heterocycles. The average molecular weight is 284 g/mol. The van der Waals surface area contributed by atoms with Gasteiger partial charge in [0, 0.05) is 0 Å². The average Bonchev–Trinajstić information content (AvgIpc) is 2.40. The molecular weight excluding hydrogens is 255 g/mol. The maximum absolute atomic E-state index is 4.59. The van der Waals surface area contributed by atoms with Gasteiger partial charge in [0.25, 0.3) is 0 Å². The van der Waals surface area contributed by atoms with Crippen LogP contribution in [-0.2, 0) is 0 Å². The molecule has 0 spiro atoms. The molecule has 0 radical (unpaired) electrons. The first-order valence-corrected chi connectivity index (χ1v) is 8.06. The number of nitrogens with zero attached hydrogens (tertiary/aromatic N) is 1. The van der Waals surface area contributed by atoms with Crippen molar-refractivity contribution in [2.75, 3.05) is 0 Å². The van der Waals surface area contributed by atoms with Gasteiger partial charge in [-0.1, -0.05) is 0 Å². The van der Waals surface area contributed by atoms with Crippen molar-refractivity contribution >= 4 is 45.8 Å². The topological polar surface area (TPSA) is 49.0 Å². The molecule has 8 heteroatoms. The predicted molar refractivity (Wildman–Crippen MR) is 101 cm³/mol. The van der Waals surface area contributed by atoms with E-state index in [-0.39, 0.29) is 0 Å². The van der Waals surface area contributed by atoms with Crippen LogP contribution < -0.4 is 32.2 Å². The summed E-state index contributed by atoms with van der Waals surface area (Å²) in [6.45, 7) is 13.0. The van der Waals surface area contributed by atoms with Crippen molar-refractivity contribution in [1.82, 2.24) is 20.6 Å². The Morgan fingerprint density at radius 3 is 1.95 bits per heavy atom. The molecule has 0 bridgehead atoms. The third-order valence-electron chi connectivity index (χ3n) is 3.31. The summed E-state index contributed by atoms with van der Waals surface area (Å²) in [5.41, 5.74) is 3.82. The van der Waals surface area contributed by atoms with E-state index in [9.17, 15) is 0 Å². The Bertz CT molecular complexity index is 396. The van der Waals surface area contributed by atoms with Gasteiger partial charge in [-0.3, -0.25) is 0 Å². The van der Waals surface area contributed by atoms with Gasteiger partial charge < -0.3 is 0 Å². The second kappa shape index (κ2) is 9.44. The van der Waals surface area contributed by atoms with Crippen LogP contribution in [0.1, 0.15) is 41.5 Å². The fourth-order valence-electron chi connectivity index (χ4n) is 2.04. The molecule has 0 aliphatic rings. The summed E-state index contributed by atoms with van der Waals surface area (Å²) in [6, 6.07) is 1.43. The van der Waals surface area contributed by atoms with Gasteiger partial charge in [0.1, 0.15) is 0 Å². The molecule has 0 amide bonds. The van der Waals surface area contributed by atoms with E-state index in [2.05, 4.69) is 68.1 Å². The van der Waals surface area contributed by atoms with Crippen LogP contribution in [0.15, 0.2) is 5.96 Å². The molecule has 0 atom stereocenters. The molecule has 0 aliphatic carbocycles. The first-order chi connectivity index (χ1) is 9.90. The monoisotopic (exact) mass is 284 g/mol. The third-order valence-corrected chi connectivity index (χ3v) is 3.31. The van der Waals surface area contributed by atoms with E-state index in [1.54, 1.807) is 0 Å². The van der Waals surface area contributed by atoms with E-state index in [1.807, 2.05) is 7.05 Å². The van der Waals surface area contributed by atoms with Gasteiger partial charge in [-0.15, -0.1) is 0 Å². The predicted octanol–water partition coefficient (Wildman–Crippen LogP) is -2.66. The van der Waals surface area contributed by atoms with Crippen molar-refractivity contribution in [2.24, 2.45) is 0 Å². The van der Waals surface area contributed by atoms with Crippen molar-refractivity contribution in [2.45, 2.75) is 59.7 Å². The number of nitrogens with one attached hydrogen (secondary N) is 3. The van der Waals surface area contributed by atoms with Crippen LogP contribution in [0.5, 0.6) is 0 Å². The fraction of sp³-hybridized carbons (Fsp3) is 0.692. The van der Waals surface area contributed by atoms with Gasteiger partial charge in [-0.25, -0.2) is 0 Å². The van der Waals surface area contributed by atoms with E-state index < -0.39 is 0 Å². The maximum atomic E-state index is 4.59. The Labute approximate surface area is 132 Å². The van der Waals surface area contributed by atoms with Crippen LogP contribution in [0.3, 0.4) is 0 Å². The van der Waals surface area contributed by atoms with Gasteiger partial charge in [-0.2, -0.15) is 0 Å². The standard InChI is InChI=1S/C13H28B4N4/c1-8(2)18-15-11-7-14-21-13(17-20-10(5)6)12(11)16-19-9(3)4/h7-10,15-20H,1-6H3. The molecule has 0 saturated heterocycles. The van der Waals surface area contributed by atoms with Gasteiger partial charge in [0.2, 0.25) is 0 Å². The summed E-state index contributed by atoms with van der Waals surface area (Å²) in [7, 11) is 4.51. The van der Waals surface area contributed by atoms with Crippen LogP contribution in [0.2, 0.25) is 0 Å². The Kier molecular flexibility index (Phi) is 8.30. The molecule has 0 aromatic carbocycles. The number of aromatic nitrogens is 1. The van der Waals surface area contributed by atoms with Crippen molar-refractivity contribution in [3.63, 3.8) is 0 Å². The molecule has 0 unspecified atom stereocenters. The van der Waals surface area contributed by atoms with Crippen LogP contribution >= 0.6 is 0 Å².